The fraction of sp³-hybridized carbons (Fsp3) is 0.455. The van der Waals surface area contributed by atoms with Gasteiger partial charge in [0.2, 0.25) is 5.91 Å². The number of hydrogen-bond donors (Lipinski definition) is 1. The van der Waals surface area contributed by atoms with Gasteiger partial charge < -0.3 is 9.64 Å². The minimum atomic E-state index is -4.00. The summed E-state index contributed by atoms with van der Waals surface area (Å²) >= 11 is 1.01. The molecule has 1 aliphatic carbocycles. The van der Waals surface area contributed by atoms with E-state index < -0.39 is 16.0 Å². The number of methoxy groups -OCH3 is 1. The Morgan fingerprint density at radius 3 is 2.72 bits per heavy atom. The molecule has 0 bridgehead atoms. The van der Waals surface area contributed by atoms with Crippen LogP contribution in [0.15, 0.2) is 28.5 Å². The molecule has 7 nitrogen and oxygen atoms in total. The third-order valence-corrected chi connectivity index (χ3v) is 9.25. The first-order valence-corrected chi connectivity index (χ1v) is 12.7. The Balaban J connectivity index is 1.56. The molecule has 2 heterocycles. The molecule has 1 amide bonds. The molecule has 2 aliphatic rings. The van der Waals surface area contributed by atoms with E-state index in [9.17, 15) is 22.4 Å². The average Bonchev–Trinajstić information content (AvgIpc) is 3.39. The monoisotopic (exact) mass is 480 g/mol. The third-order valence-electron chi connectivity index (χ3n) is 6.06. The van der Waals surface area contributed by atoms with Gasteiger partial charge in [0.25, 0.3) is 10.0 Å². The van der Waals surface area contributed by atoms with Crippen LogP contribution in [-0.4, -0.2) is 45.4 Å². The van der Waals surface area contributed by atoms with Crippen LogP contribution in [0.3, 0.4) is 0 Å². The van der Waals surface area contributed by atoms with Gasteiger partial charge in [-0.15, -0.1) is 11.3 Å². The molecule has 0 unspecified atom stereocenters. The predicted molar refractivity (Wildman–Crippen MR) is 117 cm³/mol. The Labute approximate surface area is 190 Å². The van der Waals surface area contributed by atoms with Crippen LogP contribution in [0.25, 0.3) is 0 Å². The molecule has 1 N–H and O–H groups in total. The average molecular weight is 481 g/mol. The van der Waals surface area contributed by atoms with Crippen LogP contribution in [0.4, 0.5) is 4.39 Å². The molecule has 172 valence electrons. The number of thiophene rings is 1. The summed E-state index contributed by atoms with van der Waals surface area (Å²) in [7, 11) is -2.79. The molecule has 0 spiro atoms. The van der Waals surface area contributed by atoms with Gasteiger partial charge in [-0.25, -0.2) is 22.3 Å². The highest BCUT2D eigenvalue weighted by Crippen LogP contribution is 2.47. The molecular formula is C22H25FN2O5S2. The molecular weight excluding hydrogens is 455 g/mol. The molecule has 1 aromatic heterocycles. The second kappa shape index (κ2) is 8.57. The minimum Gasteiger partial charge on any atom is -0.465 e. The molecule has 0 radical (unpaired) electrons. The molecule has 1 aromatic carbocycles. The molecule has 10 heteroatoms. The van der Waals surface area contributed by atoms with Gasteiger partial charge in [0, 0.05) is 23.4 Å². The molecule has 4 rings (SSSR count). The number of carbonyl (C=O) groups is 2. The van der Waals surface area contributed by atoms with E-state index in [1.807, 2.05) is 6.92 Å². The van der Waals surface area contributed by atoms with Crippen LogP contribution < -0.4 is 4.72 Å². The molecule has 1 aliphatic heterocycles. The first kappa shape index (κ1) is 22.9. The fourth-order valence-corrected chi connectivity index (χ4v) is 6.90. The number of nitrogens with zero attached hydrogens (tertiary/aromatic N) is 1. The first-order valence-electron chi connectivity index (χ1n) is 10.4. The van der Waals surface area contributed by atoms with Gasteiger partial charge in [-0.2, -0.15) is 0 Å². The van der Waals surface area contributed by atoms with Gasteiger partial charge in [-0.3, -0.25) is 4.79 Å². The maximum atomic E-state index is 13.4. The maximum absolute atomic E-state index is 13.4. The van der Waals surface area contributed by atoms with E-state index in [-0.39, 0.29) is 40.0 Å². The number of nitrogens with one attached hydrogen (secondary N) is 1. The minimum absolute atomic E-state index is 0.0514. The molecule has 0 saturated heterocycles. The number of sulfonamides is 1. The zero-order valence-corrected chi connectivity index (χ0v) is 19.6. The summed E-state index contributed by atoms with van der Waals surface area (Å²) in [6.07, 6.45) is 2.43. The van der Waals surface area contributed by atoms with Crippen molar-refractivity contribution in [1.29, 1.82) is 0 Å². The summed E-state index contributed by atoms with van der Waals surface area (Å²) in [6.45, 7) is 2.72. The number of amides is 1. The summed E-state index contributed by atoms with van der Waals surface area (Å²) in [6, 6.07) is 5.96. The van der Waals surface area contributed by atoms with Crippen molar-refractivity contribution in [2.75, 3.05) is 20.2 Å². The van der Waals surface area contributed by atoms with Gasteiger partial charge in [-0.1, -0.05) is 19.1 Å². The molecule has 0 atom stereocenters. The molecule has 1 fully saturated rings. The largest absolute Gasteiger partial charge is 0.465 e. The van der Waals surface area contributed by atoms with Crippen molar-refractivity contribution in [3.63, 3.8) is 0 Å². The van der Waals surface area contributed by atoms with Crippen LogP contribution in [0.5, 0.6) is 0 Å². The molecule has 2 aromatic rings. The zero-order valence-electron chi connectivity index (χ0n) is 17.9. The van der Waals surface area contributed by atoms with Crippen molar-refractivity contribution in [3.05, 3.63) is 51.7 Å². The Morgan fingerprint density at radius 2 is 2.06 bits per heavy atom. The van der Waals surface area contributed by atoms with Gasteiger partial charge in [0.05, 0.1) is 19.2 Å². The van der Waals surface area contributed by atoms with Crippen LogP contribution in [0.2, 0.25) is 0 Å². The second-order valence-electron chi connectivity index (χ2n) is 8.47. The Hall–Kier alpha value is -2.30. The lowest BCUT2D eigenvalue weighted by Crippen LogP contribution is -2.39. The Bertz CT molecular complexity index is 1170. The highest BCUT2D eigenvalue weighted by atomic mass is 32.2. The SMILES string of the molecule is COC(=O)c1c(S(=O)(=O)NCCc2cccc(F)c2)sc2c1CCN(C(=O)C1(C)CC1)C2. The van der Waals surface area contributed by atoms with E-state index in [0.717, 1.165) is 24.2 Å². The first-order chi connectivity index (χ1) is 15.1. The lowest BCUT2D eigenvalue weighted by atomic mass is 10.0. The van der Waals surface area contributed by atoms with E-state index in [1.165, 1.54) is 19.2 Å². The van der Waals surface area contributed by atoms with Crippen molar-refractivity contribution >= 4 is 33.2 Å². The molecule has 32 heavy (non-hydrogen) atoms. The fourth-order valence-electron chi connectivity index (χ4n) is 3.92. The van der Waals surface area contributed by atoms with Crippen molar-refractivity contribution in [1.82, 2.24) is 9.62 Å². The van der Waals surface area contributed by atoms with Crippen LogP contribution in [0.1, 0.15) is 46.1 Å². The highest BCUT2D eigenvalue weighted by molar-refractivity contribution is 7.91. The van der Waals surface area contributed by atoms with Gasteiger partial charge in [0.1, 0.15) is 10.0 Å². The number of halogens is 1. The summed E-state index contributed by atoms with van der Waals surface area (Å²) in [5.74, 6) is -1.01. The van der Waals surface area contributed by atoms with Crippen LogP contribution in [-0.2, 0) is 38.9 Å². The lowest BCUT2D eigenvalue weighted by Gasteiger charge is -2.29. The third kappa shape index (κ3) is 4.44. The van der Waals surface area contributed by atoms with E-state index in [0.29, 0.717) is 35.4 Å². The number of carbonyl (C=O) groups excluding carboxylic acids is 2. The van der Waals surface area contributed by atoms with Gasteiger partial charge in [0.15, 0.2) is 0 Å². The maximum Gasteiger partial charge on any atom is 0.340 e. The summed E-state index contributed by atoms with van der Waals surface area (Å²) in [5, 5.41) is 0. The topological polar surface area (TPSA) is 92.8 Å². The number of ether oxygens (including phenoxy) is 1. The van der Waals surface area contributed by atoms with Crippen molar-refractivity contribution in [2.45, 2.75) is 43.4 Å². The number of hydrogen-bond acceptors (Lipinski definition) is 6. The summed E-state index contributed by atoms with van der Waals surface area (Å²) in [5.41, 5.74) is 1.04. The number of rotatable bonds is 7. The van der Waals surface area contributed by atoms with Crippen molar-refractivity contribution in [2.24, 2.45) is 5.41 Å². The van der Waals surface area contributed by atoms with Crippen LogP contribution >= 0.6 is 11.3 Å². The second-order valence-corrected chi connectivity index (χ2v) is 11.5. The zero-order chi connectivity index (χ0) is 23.1. The summed E-state index contributed by atoms with van der Waals surface area (Å²) < 4.78 is 46.8. The van der Waals surface area contributed by atoms with E-state index >= 15 is 0 Å². The Kier molecular flexibility index (Phi) is 6.12. The van der Waals surface area contributed by atoms with E-state index in [2.05, 4.69) is 4.72 Å². The normalized spacial score (nSPS) is 17.0. The van der Waals surface area contributed by atoms with Gasteiger partial charge in [-0.05, 0) is 48.9 Å². The number of benzene rings is 1. The molecule has 1 saturated carbocycles. The predicted octanol–water partition coefficient (Wildman–Crippen LogP) is 2.88. The smallest absolute Gasteiger partial charge is 0.340 e. The lowest BCUT2D eigenvalue weighted by molar-refractivity contribution is -0.137. The highest BCUT2D eigenvalue weighted by Gasteiger charge is 2.48. The number of esters is 1. The van der Waals surface area contributed by atoms with E-state index in [1.54, 1.807) is 17.0 Å². The van der Waals surface area contributed by atoms with E-state index in [4.69, 9.17) is 4.74 Å². The summed E-state index contributed by atoms with van der Waals surface area (Å²) in [4.78, 5) is 27.7. The number of fused-ring (bicyclic) bond motifs is 1. The quantitative estimate of drug-likeness (QED) is 0.615. The van der Waals surface area contributed by atoms with Crippen molar-refractivity contribution in [3.8, 4) is 0 Å². The standard InChI is InChI=1S/C22H25FN2O5S2/c1-22(8-9-22)21(27)25-11-7-16-17(13-25)31-20(18(16)19(26)30-2)32(28,29)24-10-6-14-4-3-5-15(23)12-14/h3-5,12,24H,6-11,13H2,1-2H3. The van der Waals surface area contributed by atoms with Crippen molar-refractivity contribution < 1.29 is 27.1 Å². The van der Waals surface area contributed by atoms with Gasteiger partial charge >= 0.3 is 5.97 Å². The van der Waals surface area contributed by atoms with Crippen LogP contribution in [0, 0.1) is 11.2 Å². The Morgan fingerprint density at radius 1 is 1.31 bits per heavy atom.